The molecule has 0 aliphatic rings. The summed E-state index contributed by atoms with van der Waals surface area (Å²) in [6, 6.07) is 4.89. The average Bonchev–Trinajstić information content (AvgIpc) is 2.28. The Hall–Kier alpha value is -1.000. The van der Waals surface area contributed by atoms with E-state index in [0.29, 0.717) is 11.3 Å². The van der Waals surface area contributed by atoms with Crippen LogP contribution in [0.3, 0.4) is 0 Å². The summed E-state index contributed by atoms with van der Waals surface area (Å²) in [5.74, 6) is 0.878. The molecule has 2 aromatic rings. The van der Waals surface area contributed by atoms with E-state index in [-0.39, 0.29) is 5.88 Å². The van der Waals surface area contributed by atoms with E-state index >= 15 is 0 Å². The maximum Gasteiger partial charge on any atom is 0.336 e. The quantitative estimate of drug-likeness (QED) is 0.631. The first-order valence-electron chi connectivity index (χ1n) is 4.52. The molecule has 0 aliphatic carbocycles. The second-order valence-electron chi connectivity index (χ2n) is 3.21. The predicted molar refractivity (Wildman–Crippen MR) is 66.3 cm³/mol. The van der Waals surface area contributed by atoms with Crippen LogP contribution in [0, 0.1) is 0 Å². The first kappa shape index (κ1) is 11.5. The number of hydrogen-bond donors (Lipinski definition) is 0. The Labute approximate surface area is 105 Å². The molecule has 0 bridgehead atoms. The molecule has 0 saturated heterocycles. The molecule has 0 saturated carbocycles. The molecule has 0 unspecified atom stereocenters. The Balaban J connectivity index is 2.84. The second kappa shape index (κ2) is 4.47. The maximum absolute atomic E-state index is 11.3. The van der Waals surface area contributed by atoms with Gasteiger partial charge < -0.3 is 9.15 Å². The Kier molecular flexibility index (Phi) is 3.21. The van der Waals surface area contributed by atoms with Crippen molar-refractivity contribution in [1.29, 1.82) is 0 Å². The molecule has 2 rings (SSSR count). The standard InChI is InChI=1S/C11H8BrClO3/c1-15-10-4-9-7(3-8(10)12)6(5-13)2-11(14)16-9/h2-4H,5H2,1H3. The molecule has 5 heteroatoms. The van der Waals surface area contributed by atoms with E-state index < -0.39 is 5.63 Å². The van der Waals surface area contributed by atoms with Crippen LogP contribution in [0.15, 0.2) is 31.9 Å². The van der Waals surface area contributed by atoms with Gasteiger partial charge in [0.1, 0.15) is 11.3 Å². The first-order valence-corrected chi connectivity index (χ1v) is 5.84. The summed E-state index contributed by atoms with van der Waals surface area (Å²) in [6.45, 7) is 0. The lowest BCUT2D eigenvalue weighted by atomic mass is 10.1. The molecule has 1 aromatic carbocycles. The van der Waals surface area contributed by atoms with Gasteiger partial charge >= 0.3 is 5.63 Å². The monoisotopic (exact) mass is 302 g/mol. The number of halogens is 2. The molecule has 84 valence electrons. The fourth-order valence-electron chi connectivity index (χ4n) is 1.49. The van der Waals surface area contributed by atoms with E-state index in [1.165, 1.54) is 6.07 Å². The molecule has 1 heterocycles. The summed E-state index contributed by atoms with van der Waals surface area (Å²) in [6.07, 6.45) is 0. The molecule has 0 radical (unpaired) electrons. The van der Waals surface area contributed by atoms with Crippen LogP contribution in [0.5, 0.6) is 5.75 Å². The van der Waals surface area contributed by atoms with Crippen molar-refractivity contribution in [1.82, 2.24) is 0 Å². The van der Waals surface area contributed by atoms with Gasteiger partial charge in [0.05, 0.1) is 11.6 Å². The van der Waals surface area contributed by atoms with Gasteiger partial charge in [-0.25, -0.2) is 4.79 Å². The van der Waals surface area contributed by atoms with Crippen molar-refractivity contribution in [2.75, 3.05) is 7.11 Å². The van der Waals surface area contributed by atoms with Gasteiger partial charge in [0.2, 0.25) is 0 Å². The van der Waals surface area contributed by atoms with Crippen molar-refractivity contribution in [3.05, 3.63) is 38.7 Å². The van der Waals surface area contributed by atoms with Crippen molar-refractivity contribution < 1.29 is 9.15 Å². The molecule has 0 aliphatic heterocycles. The minimum absolute atomic E-state index is 0.265. The average molecular weight is 304 g/mol. The summed E-state index contributed by atoms with van der Waals surface area (Å²) in [7, 11) is 1.55. The third-order valence-electron chi connectivity index (χ3n) is 2.25. The zero-order valence-electron chi connectivity index (χ0n) is 8.42. The first-order chi connectivity index (χ1) is 7.65. The van der Waals surface area contributed by atoms with E-state index in [1.807, 2.05) is 6.07 Å². The Morgan fingerprint density at radius 1 is 1.44 bits per heavy atom. The summed E-state index contributed by atoms with van der Waals surface area (Å²) < 4.78 is 11.0. The van der Waals surface area contributed by atoms with Crippen molar-refractivity contribution >= 4 is 38.5 Å². The van der Waals surface area contributed by atoms with Crippen LogP contribution in [-0.4, -0.2) is 7.11 Å². The van der Waals surface area contributed by atoms with Gasteiger partial charge in [0, 0.05) is 23.4 Å². The minimum Gasteiger partial charge on any atom is -0.495 e. The summed E-state index contributed by atoms with van der Waals surface area (Å²) >= 11 is 9.15. The van der Waals surface area contributed by atoms with Gasteiger partial charge in [0.15, 0.2) is 0 Å². The van der Waals surface area contributed by atoms with Gasteiger partial charge in [0.25, 0.3) is 0 Å². The van der Waals surface area contributed by atoms with Crippen LogP contribution in [-0.2, 0) is 5.88 Å². The predicted octanol–water partition coefficient (Wildman–Crippen LogP) is 3.30. The fraction of sp³-hybridized carbons (Fsp3) is 0.182. The van der Waals surface area contributed by atoms with Crippen LogP contribution in [0.2, 0.25) is 0 Å². The lowest BCUT2D eigenvalue weighted by Gasteiger charge is -2.06. The molecule has 3 nitrogen and oxygen atoms in total. The maximum atomic E-state index is 11.3. The molecule has 0 amide bonds. The highest BCUT2D eigenvalue weighted by Gasteiger charge is 2.09. The third-order valence-corrected chi connectivity index (χ3v) is 3.15. The highest BCUT2D eigenvalue weighted by atomic mass is 79.9. The van der Waals surface area contributed by atoms with Gasteiger partial charge in [-0.05, 0) is 27.6 Å². The highest BCUT2D eigenvalue weighted by molar-refractivity contribution is 9.10. The number of alkyl halides is 1. The molecule has 0 fully saturated rings. The molecule has 1 aromatic heterocycles. The number of fused-ring (bicyclic) bond motifs is 1. The molecular weight excluding hydrogens is 295 g/mol. The van der Waals surface area contributed by atoms with E-state index in [9.17, 15) is 4.79 Å². The second-order valence-corrected chi connectivity index (χ2v) is 4.33. The van der Waals surface area contributed by atoms with Crippen LogP contribution in [0.25, 0.3) is 11.0 Å². The third kappa shape index (κ3) is 1.95. The SMILES string of the molecule is COc1cc2oc(=O)cc(CCl)c2cc1Br. The molecule has 0 atom stereocenters. The van der Waals surface area contributed by atoms with Gasteiger partial charge in [-0.1, -0.05) is 0 Å². The smallest absolute Gasteiger partial charge is 0.336 e. The molecule has 16 heavy (non-hydrogen) atoms. The van der Waals surface area contributed by atoms with Crippen molar-refractivity contribution in [3.63, 3.8) is 0 Å². The van der Waals surface area contributed by atoms with E-state index in [4.69, 9.17) is 20.8 Å². The minimum atomic E-state index is -0.410. The fourth-order valence-corrected chi connectivity index (χ4v) is 2.22. The van der Waals surface area contributed by atoms with Crippen molar-refractivity contribution in [2.45, 2.75) is 5.88 Å². The highest BCUT2D eigenvalue weighted by Crippen LogP contribution is 2.31. The molecular formula is C11H8BrClO3. The normalized spacial score (nSPS) is 10.7. The Morgan fingerprint density at radius 2 is 2.19 bits per heavy atom. The number of benzene rings is 1. The van der Waals surface area contributed by atoms with Gasteiger partial charge in [-0.15, -0.1) is 11.6 Å². The number of rotatable bonds is 2. The van der Waals surface area contributed by atoms with E-state index in [0.717, 1.165) is 15.4 Å². The largest absolute Gasteiger partial charge is 0.495 e. The lowest BCUT2D eigenvalue weighted by molar-refractivity contribution is 0.411. The summed E-state index contributed by atoms with van der Waals surface area (Å²) in [5, 5.41) is 0.808. The lowest BCUT2D eigenvalue weighted by Crippen LogP contribution is -1.99. The summed E-state index contributed by atoms with van der Waals surface area (Å²) in [5.41, 5.74) is 0.812. The van der Waals surface area contributed by atoms with E-state index in [1.54, 1.807) is 13.2 Å². The Morgan fingerprint density at radius 3 is 2.81 bits per heavy atom. The number of ether oxygens (including phenoxy) is 1. The van der Waals surface area contributed by atoms with Crippen LogP contribution >= 0.6 is 27.5 Å². The van der Waals surface area contributed by atoms with Crippen LogP contribution in [0.1, 0.15) is 5.56 Å². The van der Waals surface area contributed by atoms with E-state index in [2.05, 4.69) is 15.9 Å². The van der Waals surface area contributed by atoms with Crippen molar-refractivity contribution in [3.8, 4) is 5.75 Å². The van der Waals surface area contributed by atoms with Gasteiger partial charge in [-0.3, -0.25) is 0 Å². The molecule has 0 N–H and O–H groups in total. The van der Waals surface area contributed by atoms with Crippen LogP contribution in [0.4, 0.5) is 0 Å². The zero-order chi connectivity index (χ0) is 11.7. The zero-order valence-corrected chi connectivity index (χ0v) is 10.8. The topological polar surface area (TPSA) is 39.4 Å². The summed E-state index contributed by atoms with van der Waals surface area (Å²) in [4.78, 5) is 11.3. The molecule has 0 spiro atoms. The number of hydrogen-bond acceptors (Lipinski definition) is 3. The van der Waals surface area contributed by atoms with Crippen molar-refractivity contribution in [2.24, 2.45) is 0 Å². The van der Waals surface area contributed by atoms with Crippen LogP contribution < -0.4 is 10.4 Å². The Bertz CT molecular complexity index is 592. The van der Waals surface area contributed by atoms with Gasteiger partial charge in [-0.2, -0.15) is 0 Å². The number of methoxy groups -OCH3 is 1.